The summed E-state index contributed by atoms with van der Waals surface area (Å²) in [6.45, 7) is 4.38. The number of ether oxygens (including phenoxy) is 1. The van der Waals surface area contributed by atoms with Crippen molar-refractivity contribution >= 4 is 27.5 Å². The van der Waals surface area contributed by atoms with Crippen LogP contribution < -0.4 is 9.64 Å². The molecule has 1 aliphatic heterocycles. The lowest BCUT2D eigenvalue weighted by Gasteiger charge is -2.37. The second kappa shape index (κ2) is 7.78. The van der Waals surface area contributed by atoms with Crippen molar-refractivity contribution in [1.29, 1.82) is 0 Å². The number of nitrogens with zero attached hydrogens (tertiary/aromatic N) is 2. The van der Waals surface area contributed by atoms with Crippen LogP contribution >= 0.6 is 15.9 Å². The second-order valence-electron chi connectivity index (χ2n) is 6.02. The van der Waals surface area contributed by atoms with Crippen molar-refractivity contribution in [3.05, 3.63) is 53.0 Å². The zero-order chi connectivity index (χ0) is 17.8. The molecule has 0 bridgehead atoms. The van der Waals surface area contributed by atoms with E-state index in [4.69, 9.17) is 4.74 Å². The molecule has 132 valence electrons. The molecule has 1 N–H and O–H groups in total. The SMILES string of the molecule is CC(Oc1ccc(Br)cc1)C(=O)N1CCN(c2ccccc2O)CC1. The van der Waals surface area contributed by atoms with E-state index < -0.39 is 6.10 Å². The lowest BCUT2D eigenvalue weighted by molar-refractivity contribution is -0.138. The van der Waals surface area contributed by atoms with E-state index >= 15 is 0 Å². The van der Waals surface area contributed by atoms with E-state index in [1.807, 2.05) is 41.3 Å². The number of halogens is 1. The zero-order valence-electron chi connectivity index (χ0n) is 14.1. The zero-order valence-corrected chi connectivity index (χ0v) is 15.6. The fraction of sp³-hybridized carbons (Fsp3) is 0.316. The number of hydrogen-bond donors (Lipinski definition) is 1. The topological polar surface area (TPSA) is 53.0 Å². The van der Waals surface area contributed by atoms with Crippen molar-refractivity contribution in [3.63, 3.8) is 0 Å². The minimum atomic E-state index is -0.530. The Hall–Kier alpha value is -2.21. The average molecular weight is 405 g/mol. The molecule has 6 heteroatoms. The Bertz CT molecular complexity index is 728. The van der Waals surface area contributed by atoms with Crippen molar-refractivity contribution in [1.82, 2.24) is 4.90 Å². The predicted octanol–water partition coefficient (Wildman–Crippen LogP) is 3.27. The van der Waals surface area contributed by atoms with Crippen molar-refractivity contribution in [3.8, 4) is 11.5 Å². The van der Waals surface area contributed by atoms with Crippen LogP contribution in [-0.4, -0.2) is 48.2 Å². The van der Waals surface area contributed by atoms with Gasteiger partial charge in [0.25, 0.3) is 5.91 Å². The third kappa shape index (κ3) is 4.25. The van der Waals surface area contributed by atoms with Gasteiger partial charge in [0.2, 0.25) is 0 Å². The Labute approximate surface area is 155 Å². The molecule has 0 saturated carbocycles. The molecule has 0 spiro atoms. The van der Waals surface area contributed by atoms with Gasteiger partial charge >= 0.3 is 0 Å². The molecule has 3 rings (SSSR count). The Morgan fingerprint density at radius 1 is 1.08 bits per heavy atom. The lowest BCUT2D eigenvalue weighted by atomic mass is 10.2. The summed E-state index contributed by atoms with van der Waals surface area (Å²) < 4.78 is 6.72. The van der Waals surface area contributed by atoms with E-state index in [-0.39, 0.29) is 11.7 Å². The number of anilines is 1. The Balaban J connectivity index is 1.56. The molecule has 1 amide bonds. The van der Waals surface area contributed by atoms with Crippen LogP contribution in [0.4, 0.5) is 5.69 Å². The first-order valence-electron chi connectivity index (χ1n) is 8.28. The van der Waals surface area contributed by atoms with Gasteiger partial charge in [0.05, 0.1) is 5.69 Å². The second-order valence-corrected chi connectivity index (χ2v) is 6.93. The third-order valence-electron chi connectivity index (χ3n) is 4.29. The molecule has 0 aromatic heterocycles. The minimum absolute atomic E-state index is 0.0140. The molecule has 1 saturated heterocycles. The molecule has 2 aromatic carbocycles. The lowest BCUT2D eigenvalue weighted by Crippen LogP contribution is -2.52. The summed E-state index contributed by atoms with van der Waals surface area (Å²) in [7, 11) is 0. The Morgan fingerprint density at radius 2 is 1.72 bits per heavy atom. The molecule has 1 aliphatic rings. The number of carbonyl (C=O) groups excluding carboxylic acids is 1. The number of piperazine rings is 1. The molecular formula is C19H21BrN2O3. The van der Waals surface area contributed by atoms with E-state index in [1.165, 1.54) is 0 Å². The first-order chi connectivity index (χ1) is 12.0. The summed E-state index contributed by atoms with van der Waals surface area (Å²) in [5.74, 6) is 0.936. The van der Waals surface area contributed by atoms with Crippen LogP contribution in [0.25, 0.3) is 0 Å². The van der Waals surface area contributed by atoms with Gasteiger partial charge in [-0.25, -0.2) is 0 Å². The van der Waals surface area contributed by atoms with Gasteiger partial charge in [-0.1, -0.05) is 28.1 Å². The summed E-state index contributed by atoms with van der Waals surface area (Å²) in [6.07, 6.45) is -0.530. The van der Waals surface area contributed by atoms with Gasteiger partial charge in [0, 0.05) is 30.7 Å². The first-order valence-corrected chi connectivity index (χ1v) is 9.08. The van der Waals surface area contributed by atoms with Crippen molar-refractivity contribution < 1.29 is 14.6 Å². The van der Waals surface area contributed by atoms with Crippen LogP contribution in [0.5, 0.6) is 11.5 Å². The Kier molecular flexibility index (Phi) is 5.48. The Morgan fingerprint density at radius 3 is 2.36 bits per heavy atom. The highest BCUT2D eigenvalue weighted by Crippen LogP contribution is 2.27. The number of aromatic hydroxyl groups is 1. The van der Waals surface area contributed by atoms with Gasteiger partial charge in [-0.3, -0.25) is 4.79 Å². The molecule has 1 atom stereocenters. The van der Waals surface area contributed by atoms with Gasteiger partial charge < -0.3 is 19.6 Å². The van der Waals surface area contributed by atoms with Crippen LogP contribution in [0.2, 0.25) is 0 Å². The monoisotopic (exact) mass is 404 g/mol. The number of carbonyl (C=O) groups is 1. The standard InChI is InChI=1S/C19H21BrN2O3/c1-14(25-16-8-6-15(20)7-9-16)19(24)22-12-10-21(11-13-22)17-4-2-3-5-18(17)23/h2-9,14,23H,10-13H2,1H3. The van der Waals surface area contributed by atoms with Crippen molar-refractivity contribution in [2.24, 2.45) is 0 Å². The molecule has 1 unspecified atom stereocenters. The largest absolute Gasteiger partial charge is 0.506 e. The quantitative estimate of drug-likeness (QED) is 0.849. The van der Waals surface area contributed by atoms with Crippen LogP contribution in [0.1, 0.15) is 6.92 Å². The van der Waals surface area contributed by atoms with E-state index in [0.29, 0.717) is 31.9 Å². The number of hydrogen-bond acceptors (Lipinski definition) is 4. The number of rotatable bonds is 4. The maximum Gasteiger partial charge on any atom is 0.263 e. The molecule has 1 fully saturated rings. The van der Waals surface area contributed by atoms with E-state index in [0.717, 1.165) is 10.2 Å². The van der Waals surface area contributed by atoms with Crippen LogP contribution in [0.15, 0.2) is 53.0 Å². The summed E-state index contributed by atoms with van der Waals surface area (Å²) in [4.78, 5) is 16.5. The fourth-order valence-corrected chi connectivity index (χ4v) is 3.19. The minimum Gasteiger partial charge on any atom is -0.506 e. The van der Waals surface area contributed by atoms with Crippen LogP contribution in [0.3, 0.4) is 0 Å². The van der Waals surface area contributed by atoms with Gasteiger partial charge in [-0.2, -0.15) is 0 Å². The summed E-state index contributed by atoms with van der Waals surface area (Å²) >= 11 is 3.38. The number of amides is 1. The van der Waals surface area contributed by atoms with Gasteiger partial charge in [-0.15, -0.1) is 0 Å². The molecule has 5 nitrogen and oxygen atoms in total. The first kappa shape index (κ1) is 17.6. The van der Waals surface area contributed by atoms with Gasteiger partial charge in [0.1, 0.15) is 11.5 Å². The molecule has 25 heavy (non-hydrogen) atoms. The highest BCUT2D eigenvalue weighted by atomic mass is 79.9. The summed E-state index contributed by atoms with van der Waals surface area (Å²) in [5.41, 5.74) is 0.814. The van der Waals surface area contributed by atoms with E-state index in [2.05, 4.69) is 20.8 Å². The number of phenolic OH excluding ortho intramolecular Hbond substituents is 1. The number of benzene rings is 2. The highest BCUT2D eigenvalue weighted by Gasteiger charge is 2.26. The maximum absolute atomic E-state index is 12.6. The molecular weight excluding hydrogens is 384 g/mol. The van der Waals surface area contributed by atoms with Crippen LogP contribution in [-0.2, 0) is 4.79 Å². The number of phenols is 1. The maximum atomic E-state index is 12.6. The van der Waals surface area contributed by atoms with Gasteiger partial charge in [-0.05, 0) is 43.3 Å². The predicted molar refractivity (Wildman–Crippen MR) is 101 cm³/mol. The third-order valence-corrected chi connectivity index (χ3v) is 4.82. The van der Waals surface area contributed by atoms with E-state index in [9.17, 15) is 9.90 Å². The number of para-hydroxylation sites is 2. The van der Waals surface area contributed by atoms with Crippen molar-refractivity contribution in [2.75, 3.05) is 31.1 Å². The van der Waals surface area contributed by atoms with Crippen LogP contribution in [0, 0.1) is 0 Å². The summed E-state index contributed by atoms with van der Waals surface area (Å²) in [6, 6.07) is 14.7. The molecule has 1 heterocycles. The molecule has 0 aliphatic carbocycles. The highest BCUT2D eigenvalue weighted by molar-refractivity contribution is 9.10. The smallest absolute Gasteiger partial charge is 0.263 e. The molecule has 2 aromatic rings. The fourth-order valence-electron chi connectivity index (χ4n) is 2.92. The van der Waals surface area contributed by atoms with E-state index in [1.54, 1.807) is 19.1 Å². The summed E-state index contributed by atoms with van der Waals surface area (Å²) in [5, 5.41) is 9.96. The van der Waals surface area contributed by atoms with Gasteiger partial charge in [0.15, 0.2) is 6.10 Å². The average Bonchev–Trinajstić information content (AvgIpc) is 2.63. The normalized spacial score (nSPS) is 15.8. The van der Waals surface area contributed by atoms with Crippen molar-refractivity contribution in [2.45, 2.75) is 13.0 Å². The molecule has 0 radical (unpaired) electrons.